The normalized spacial score (nSPS) is 46.5. The van der Waals surface area contributed by atoms with Crippen molar-refractivity contribution in [3.63, 3.8) is 0 Å². The molecule has 0 aromatic heterocycles. The van der Waals surface area contributed by atoms with Gasteiger partial charge in [-0.05, 0) is 5.92 Å². The van der Waals surface area contributed by atoms with Crippen LogP contribution in [0.1, 0.15) is 34.6 Å². The Morgan fingerprint density at radius 2 is 1.45 bits per heavy atom. The van der Waals surface area contributed by atoms with E-state index >= 15 is 0 Å². The van der Waals surface area contributed by atoms with Crippen molar-refractivity contribution in [1.29, 1.82) is 0 Å². The van der Waals surface area contributed by atoms with Crippen molar-refractivity contribution < 1.29 is 4.57 Å². The molecule has 0 atom stereocenters. The van der Waals surface area contributed by atoms with Gasteiger partial charge in [0.1, 0.15) is 0 Å². The van der Waals surface area contributed by atoms with Gasteiger partial charge in [-0.25, -0.2) is 0 Å². The fraction of sp³-hybridized carbons (Fsp3) is 1.00. The van der Waals surface area contributed by atoms with Gasteiger partial charge in [0.05, 0.1) is 0 Å². The Labute approximate surface area is 69.0 Å². The third kappa shape index (κ3) is 0.750. The lowest BCUT2D eigenvalue weighted by Gasteiger charge is -2.60. The highest BCUT2D eigenvalue weighted by Gasteiger charge is 2.66. The first-order chi connectivity index (χ1) is 4.65. The van der Waals surface area contributed by atoms with E-state index in [1.165, 1.54) is 0 Å². The Bertz CT molecular complexity index is 212. The molecule has 0 amide bonds. The molecule has 0 unspecified atom stereocenters. The van der Waals surface area contributed by atoms with Gasteiger partial charge >= 0.3 is 0 Å². The summed E-state index contributed by atoms with van der Waals surface area (Å²) >= 11 is 0. The minimum Gasteiger partial charge on any atom is -0.306 e. The highest BCUT2D eigenvalue weighted by atomic mass is 31.2. The largest absolute Gasteiger partial charge is 0.306 e. The van der Waals surface area contributed by atoms with Crippen LogP contribution in [0.25, 0.3) is 0 Å². The van der Waals surface area contributed by atoms with E-state index in [1.807, 2.05) is 27.7 Å². The van der Waals surface area contributed by atoms with Gasteiger partial charge in [-0.1, -0.05) is 34.6 Å². The zero-order chi connectivity index (χ0) is 9.08. The van der Waals surface area contributed by atoms with Gasteiger partial charge in [-0.15, -0.1) is 0 Å². The maximum Gasteiger partial charge on any atom is 0.156 e. The summed E-state index contributed by atoms with van der Waals surface area (Å²) in [6.07, 6.45) is 0. The Balaban J connectivity index is 3.09. The standard InChI is InChI=1S/C8H18NOP/c1-6-7(2,3)11(9,10)8(6,4)5/h6H,1-5H3,(H2,9,10). The summed E-state index contributed by atoms with van der Waals surface area (Å²) in [5, 5.41) is -0.312. The quantitative estimate of drug-likeness (QED) is 0.574. The molecule has 0 aliphatic carbocycles. The molecule has 0 saturated carbocycles. The van der Waals surface area contributed by atoms with E-state index in [9.17, 15) is 4.57 Å². The SMILES string of the molecule is CC1C(C)(C)P(N)(=O)C1(C)C. The Morgan fingerprint density at radius 3 is 1.55 bits per heavy atom. The molecular formula is C8H18NOP. The monoisotopic (exact) mass is 175 g/mol. The first kappa shape index (κ1) is 9.28. The van der Waals surface area contributed by atoms with Gasteiger partial charge in [-0.3, -0.25) is 5.50 Å². The third-order valence-electron chi connectivity index (χ3n) is 3.83. The van der Waals surface area contributed by atoms with E-state index in [4.69, 9.17) is 5.50 Å². The van der Waals surface area contributed by atoms with Crippen LogP contribution < -0.4 is 5.50 Å². The zero-order valence-corrected chi connectivity index (χ0v) is 8.90. The van der Waals surface area contributed by atoms with E-state index in [2.05, 4.69) is 6.92 Å². The molecule has 0 bridgehead atoms. The van der Waals surface area contributed by atoms with Crippen LogP contribution in [0, 0.1) is 5.92 Å². The molecule has 1 saturated heterocycles. The number of nitrogens with two attached hydrogens (primary N) is 1. The maximum atomic E-state index is 12.0. The summed E-state index contributed by atoms with van der Waals surface area (Å²) in [6, 6.07) is 0. The molecule has 1 heterocycles. The second-order valence-corrected chi connectivity index (χ2v) is 8.31. The molecule has 1 rings (SSSR count). The molecular weight excluding hydrogens is 157 g/mol. The number of hydrogen-bond acceptors (Lipinski definition) is 1. The molecule has 3 heteroatoms. The van der Waals surface area contributed by atoms with Crippen molar-refractivity contribution in [2.75, 3.05) is 0 Å². The van der Waals surface area contributed by atoms with Crippen molar-refractivity contribution in [2.45, 2.75) is 44.9 Å². The predicted molar refractivity (Wildman–Crippen MR) is 49.1 cm³/mol. The van der Waals surface area contributed by atoms with Crippen LogP contribution in [0.3, 0.4) is 0 Å². The number of rotatable bonds is 0. The molecule has 0 radical (unpaired) electrons. The summed E-state index contributed by atoms with van der Waals surface area (Å²) in [4.78, 5) is 0. The summed E-state index contributed by atoms with van der Waals surface area (Å²) in [7, 11) is -2.43. The second-order valence-electron chi connectivity index (χ2n) is 4.69. The summed E-state index contributed by atoms with van der Waals surface area (Å²) in [5.41, 5.74) is 5.82. The van der Waals surface area contributed by atoms with E-state index < -0.39 is 7.29 Å². The minimum absolute atomic E-state index is 0.156. The molecule has 2 nitrogen and oxygen atoms in total. The topological polar surface area (TPSA) is 43.1 Å². The third-order valence-corrected chi connectivity index (χ3v) is 8.03. The van der Waals surface area contributed by atoms with Crippen LogP contribution >= 0.6 is 7.29 Å². The lowest BCUT2D eigenvalue weighted by molar-refractivity contribution is 0.269. The fourth-order valence-electron chi connectivity index (χ4n) is 2.12. The van der Waals surface area contributed by atoms with Crippen molar-refractivity contribution in [2.24, 2.45) is 11.4 Å². The predicted octanol–water partition coefficient (Wildman–Crippen LogP) is 2.43. The van der Waals surface area contributed by atoms with E-state index in [0.717, 1.165) is 0 Å². The van der Waals surface area contributed by atoms with Gasteiger partial charge in [0.15, 0.2) is 7.29 Å². The van der Waals surface area contributed by atoms with Crippen molar-refractivity contribution in [3.05, 3.63) is 0 Å². The van der Waals surface area contributed by atoms with Gasteiger partial charge < -0.3 is 4.57 Å². The second kappa shape index (κ2) is 1.92. The average molecular weight is 175 g/mol. The summed E-state index contributed by atoms with van der Waals surface area (Å²) in [5.74, 6) is 0.450. The van der Waals surface area contributed by atoms with Crippen LogP contribution in [0.2, 0.25) is 0 Å². The minimum atomic E-state index is -2.43. The number of hydrogen-bond donors (Lipinski definition) is 1. The Morgan fingerprint density at radius 1 is 1.18 bits per heavy atom. The molecule has 1 aliphatic rings. The zero-order valence-electron chi connectivity index (χ0n) is 8.01. The molecule has 0 aromatic rings. The van der Waals surface area contributed by atoms with E-state index in [-0.39, 0.29) is 10.3 Å². The maximum absolute atomic E-state index is 12.0. The van der Waals surface area contributed by atoms with Gasteiger partial charge in [0.2, 0.25) is 0 Å². The lowest BCUT2D eigenvalue weighted by atomic mass is 9.83. The van der Waals surface area contributed by atoms with Gasteiger partial charge in [-0.2, -0.15) is 0 Å². The fourth-order valence-corrected chi connectivity index (χ4v) is 5.19. The van der Waals surface area contributed by atoms with Crippen molar-refractivity contribution in [3.8, 4) is 0 Å². The van der Waals surface area contributed by atoms with E-state index in [1.54, 1.807) is 0 Å². The Hall–Kier alpha value is 0.190. The molecule has 1 aliphatic heterocycles. The molecule has 2 N–H and O–H groups in total. The van der Waals surface area contributed by atoms with E-state index in [0.29, 0.717) is 5.92 Å². The van der Waals surface area contributed by atoms with Crippen molar-refractivity contribution in [1.82, 2.24) is 0 Å². The van der Waals surface area contributed by atoms with Crippen LogP contribution in [-0.2, 0) is 4.57 Å². The summed E-state index contributed by atoms with van der Waals surface area (Å²) < 4.78 is 12.0. The Kier molecular flexibility index (Phi) is 1.62. The summed E-state index contributed by atoms with van der Waals surface area (Å²) in [6.45, 7) is 10.1. The van der Waals surface area contributed by atoms with Crippen LogP contribution in [0.4, 0.5) is 0 Å². The van der Waals surface area contributed by atoms with Crippen LogP contribution in [-0.4, -0.2) is 10.3 Å². The average Bonchev–Trinajstić information content (AvgIpc) is 1.84. The smallest absolute Gasteiger partial charge is 0.156 e. The van der Waals surface area contributed by atoms with Crippen molar-refractivity contribution >= 4 is 7.29 Å². The highest BCUT2D eigenvalue weighted by molar-refractivity contribution is 7.66. The molecule has 0 spiro atoms. The molecule has 11 heavy (non-hydrogen) atoms. The highest BCUT2D eigenvalue weighted by Crippen LogP contribution is 2.77. The van der Waals surface area contributed by atoms with Crippen LogP contribution in [0.15, 0.2) is 0 Å². The van der Waals surface area contributed by atoms with Gasteiger partial charge in [0, 0.05) is 10.3 Å². The first-order valence-electron chi connectivity index (χ1n) is 4.04. The molecule has 0 aromatic carbocycles. The molecule has 1 fully saturated rings. The lowest BCUT2D eigenvalue weighted by Crippen LogP contribution is -2.59. The molecule has 66 valence electrons. The van der Waals surface area contributed by atoms with Gasteiger partial charge in [0.25, 0.3) is 0 Å². The van der Waals surface area contributed by atoms with Crippen LogP contribution in [0.5, 0.6) is 0 Å². The first-order valence-corrected chi connectivity index (χ1v) is 5.82.